The lowest BCUT2D eigenvalue weighted by Crippen LogP contribution is -2.10. The van der Waals surface area contributed by atoms with E-state index in [1.165, 1.54) is 84.9 Å². The van der Waals surface area contributed by atoms with Gasteiger partial charge in [0.25, 0.3) is 0 Å². The lowest BCUT2D eigenvalue weighted by Gasteiger charge is -2.27. The number of nitrogens with zero attached hydrogens (tertiary/aromatic N) is 3. The summed E-state index contributed by atoms with van der Waals surface area (Å²) < 4.78 is 29.9. The van der Waals surface area contributed by atoms with Crippen LogP contribution in [0.1, 0.15) is 0 Å². The minimum absolute atomic E-state index is 0.872. The monoisotopic (exact) mass is 1760 g/mol. The molecule has 636 valence electrons. The molecule has 21 aromatic carbocycles. The lowest BCUT2D eigenvalue weighted by atomic mass is 9.97. The van der Waals surface area contributed by atoms with Crippen molar-refractivity contribution < 1.29 is 17.7 Å². The molecule has 0 aliphatic carbocycles. The van der Waals surface area contributed by atoms with Crippen LogP contribution in [-0.4, -0.2) is 0 Å². The Morgan fingerprint density at radius 3 is 0.800 bits per heavy atom. The Balaban J connectivity index is 0.000000109. The molecule has 0 fully saturated rings. The second kappa shape index (κ2) is 34.2. The van der Waals surface area contributed by atoms with E-state index in [0.717, 1.165) is 161 Å². The SMILES string of the molecule is c1ccc(-c2cc(-c3ccccc3)cc(N(c3ccc(-c4ccc5sc6ccccc6c5c4)cc3)c3ccc4c(c3)sc3ccccc34)c2)cc1.c1ccc(-c2ccc(N(c3ccc(-c4ccc5oc6ccccc6c5c4)cc3)c3ccc4c(c3)oc3ccccc34)cc2)cc1.c1ccc(N(c2ccc(-c3ccc4oc5ccccc5c4c3)cc2)c2ccc3c(c2)oc2ccccc23)cc1. The molecule has 0 aliphatic rings. The second-order valence-corrected chi connectivity index (χ2v) is 36.3. The average Bonchev–Trinajstić information content (AvgIpc) is 1.78. The molecule has 6 heterocycles. The second-order valence-electron chi connectivity index (χ2n) is 34.2. The third-order valence-corrected chi connectivity index (χ3v) is 28.3. The molecule has 0 spiro atoms. The van der Waals surface area contributed by atoms with Crippen LogP contribution < -0.4 is 14.7 Å². The molecule has 0 amide bonds. The first-order valence-corrected chi connectivity index (χ1v) is 47.1. The van der Waals surface area contributed by atoms with Crippen molar-refractivity contribution in [2.75, 3.05) is 14.7 Å². The lowest BCUT2D eigenvalue weighted by molar-refractivity contribution is 0.668. The molecule has 0 bridgehead atoms. The number of thiophene rings is 2. The Labute approximate surface area is 786 Å². The van der Waals surface area contributed by atoms with Crippen LogP contribution >= 0.6 is 22.7 Å². The van der Waals surface area contributed by atoms with Crippen LogP contribution in [0.2, 0.25) is 0 Å². The summed E-state index contributed by atoms with van der Waals surface area (Å²) in [6.45, 7) is 0. The summed E-state index contributed by atoms with van der Waals surface area (Å²) >= 11 is 3.72. The van der Waals surface area contributed by atoms with E-state index in [9.17, 15) is 0 Å². The highest BCUT2D eigenvalue weighted by Crippen LogP contribution is 2.48. The third-order valence-electron chi connectivity index (χ3n) is 26.0. The Hall–Kier alpha value is -17.3. The molecule has 9 heteroatoms. The Bertz CT molecular complexity index is 9060. The van der Waals surface area contributed by atoms with Gasteiger partial charge in [-0.3, -0.25) is 0 Å². The van der Waals surface area contributed by atoms with Gasteiger partial charge in [0.15, 0.2) is 0 Å². The Kier molecular flexibility index (Phi) is 20.2. The smallest absolute Gasteiger partial charge is 0.137 e. The first-order chi connectivity index (χ1) is 66.8. The number of fused-ring (bicyclic) bond motifs is 18. The standard InChI is InChI=1S/C48H31NS2.C42H27NO2.C36H23NO2/c1-3-11-32(12-4-1)36-27-37(33-13-5-2-6-14-33)29-40(28-36)49(39-24-25-43-41-15-7-9-17-45(41)51-48(43)31-39)38-22-19-34(20-23-38)35-21-26-47-44(30-35)42-16-8-10-18-46(42)50-47;1-2-8-28(9-3-1)29-14-19-32(20-15-29)43(34-23-24-37-35-10-4-6-12-39(35)45-42(37)27-34)33-21-16-30(17-22-33)31-18-25-41-38(26-31)36-11-5-7-13-40(36)44-41;1-2-8-26(9-3-1)37(28-19-20-31-29-10-4-6-12-33(29)39-36(31)23-28)27-17-14-24(15-18-27)25-16-21-35-32(22-25)30-11-5-7-13-34(30)38-35/h1-31H;1-27H;1-23H. The number of para-hydroxylation sites is 5. The van der Waals surface area contributed by atoms with Gasteiger partial charge in [0.2, 0.25) is 0 Å². The molecule has 0 N–H and O–H groups in total. The molecule has 7 nitrogen and oxygen atoms in total. The molecule has 0 atom stereocenters. The predicted molar refractivity (Wildman–Crippen MR) is 571 cm³/mol. The average molecular weight is 1770 g/mol. The minimum Gasteiger partial charge on any atom is -0.456 e. The van der Waals surface area contributed by atoms with Crippen LogP contribution in [0.25, 0.3) is 195 Å². The highest BCUT2D eigenvalue weighted by atomic mass is 32.1. The maximum absolute atomic E-state index is 6.29. The van der Waals surface area contributed by atoms with Gasteiger partial charge < -0.3 is 32.4 Å². The summed E-state index contributed by atoms with van der Waals surface area (Å²) in [5.74, 6) is 0. The fraction of sp³-hybridized carbons (Fsp3) is 0. The van der Waals surface area contributed by atoms with E-state index in [-0.39, 0.29) is 0 Å². The zero-order chi connectivity index (χ0) is 89.2. The van der Waals surface area contributed by atoms with Gasteiger partial charge in [-0.05, 0) is 255 Å². The fourth-order valence-corrected chi connectivity index (χ4v) is 21.6. The number of anilines is 9. The normalized spacial score (nSPS) is 11.6. The summed E-state index contributed by atoms with van der Waals surface area (Å²) in [4.78, 5) is 6.98. The molecule has 27 aromatic rings. The van der Waals surface area contributed by atoms with Gasteiger partial charge in [-0.2, -0.15) is 0 Å². The van der Waals surface area contributed by atoms with E-state index in [1.54, 1.807) is 0 Å². The molecular formula is C126H81N3O4S2. The van der Waals surface area contributed by atoms with E-state index in [1.807, 2.05) is 83.3 Å². The number of hydrogen-bond acceptors (Lipinski definition) is 9. The highest BCUT2D eigenvalue weighted by Gasteiger charge is 2.23. The predicted octanol–water partition coefficient (Wildman–Crippen LogP) is 37.8. The molecule has 27 rings (SSSR count). The van der Waals surface area contributed by atoms with E-state index in [0.29, 0.717) is 0 Å². The van der Waals surface area contributed by atoms with Gasteiger partial charge in [0.1, 0.15) is 44.7 Å². The van der Waals surface area contributed by atoms with Crippen molar-refractivity contribution in [1.29, 1.82) is 0 Å². The summed E-state index contributed by atoms with van der Waals surface area (Å²) in [7, 11) is 0. The van der Waals surface area contributed by atoms with E-state index in [2.05, 4.69) is 445 Å². The van der Waals surface area contributed by atoms with Crippen LogP contribution in [0.4, 0.5) is 51.2 Å². The molecular weight excluding hydrogens is 1680 g/mol. The van der Waals surface area contributed by atoms with Gasteiger partial charge >= 0.3 is 0 Å². The van der Waals surface area contributed by atoms with Crippen LogP contribution in [0.3, 0.4) is 0 Å². The van der Waals surface area contributed by atoms with Crippen molar-refractivity contribution in [3.05, 3.63) is 491 Å². The number of hydrogen-bond donors (Lipinski definition) is 0. The summed E-state index contributed by atoms with van der Waals surface area (Å²) in [6.07, 6.45) is 0. The number of rotatable bonds is 15. The summed E-state index contributed by atoms with van der Waals surface area (Å²) in [5.41, 5.74) is 31.2. The Morgan fingerprint density at radius 1 is 0.119 bits per heavy atom. The summed E-state index contributed by atoms with van der Waals surface area (Å²) in [5, 5.41) is 14.3. The van der Waals surface area contributed by atoms with E-state index < -0.39 is 0 Å². The quantitative estimate of drug-likeness (QED) is 0.101. The molecule has 135 heavy (non-hydrogen) atoms. The van der Waals surface area contributed by atoms with Gasteiger partial charge in [0.05, 0.1) is 0 Å². The zero-order valence-electron chi connectivity index (χ0n) is 73.1. The summed E-state index contributed by atoms with van der Waals surface area (Å²) in [6, 6.07) is 175. The molecule has 0 saturated carbocycles. The maximum atomic E-state index is 6.29. The first-order valence-electron chi connectivity index (χ1n) is 45.5. The minimum atomic E-state index is 0.872. The van der Waals surface area contributed by atoms with Gasteiger partial charge in [0, 0.05) is 147 Å². The van der Waals surface area contributed by atoms with Crippen molar-refractivity contribution in [3.63, 3.8) is 0 Å². The first kappa shape index (κ1) is 79.8. The van der Waals surface area contributed by atoms with Crippen molar-refractivity contribution in [2.24, 2.45) is 0 Å². The van der Waals surface area contributed by atoms with Crippen LogP contribution in [0.5, 0.6) is 0 Å². The fourth-order valence-electron chi connectivity index (χ4n) is 19.4. The van der Waals surface area contributed by atoms with Crippen molar-refractivity contribution >= 4 is 202 Å². The maximum Gasteiger partial charge on any atom is 0.137 e. The molecule has 6 aromatic heterocycles. The number of furan rings is 4. The van der Waals surface area contributed by atoms with E-state index >= 15 is 0 Å². The topological polar surface area (TPSA) is 62.3 Å². The molecule has 0 aliphatic heterocycles. The molecule has 0 unspecified atom stereocenters. The zero-order valence-corrected chi connectivity index (χ0v) is 74.7. The van der Waals surface area contributed by atoms with Gasteiger partial charge in [-0.15, -0.1) is 22.7 Å². The highest BCUT2D eigenvalue weighted by molar-refractivity contribution is 7.26. The van der Waals surface area contributed by atoms with Crippen LogP contribution in [0.15, 0.2) is 509 Å². The van der Waals surface area contributed by atoms with Crippen LogP contribution in [-0.2, 0) is 0 Å². The van der Waals surface area contributed by atoms with Crippen molar-refractivity contribution in [3.8, 4) is 66.8 Å². The number of benzene rings is 21. The third kappa shape index (κ3) is 15.1. The molecule has 0 radical (unpaired) electrons. The largest absolute Gasteiger partial charge is 0.456 e. The van der Waals surface area contributed by atoms with Crippen molar-refractivity contribution in [1.82, 2.24) is 0 Å². The van der Waals surface area contributed by atoms with E-state index in [4.69, 9.17) is 17.7 Å². The van der Waals surface area contributed by atoms with Gasteiger partial charge in [-0.25, -0.2) is 0 Å². The van der Waals surface area contributed by atoms with Gasteiger partial charge in [-0.1, -0.05) is 291 Å². The van der Waals surface area contributed by atoms with Crippen molar-refractivity contribution in [2.45, 2.75) is 0 Å². The van der Waals surface area contributed by atoms with Crippen LogP contribution in [0, 0.1) is 0 Å². The Morgan fingerprint density at radius 2 is 0.370 bits per heavy atom. The molecule has 0 saturated heterocycles.